The lowest BCUT2D eigenvalue weighted by atomic mass is 9.92. The lowest BCUT2D eigenvalue weighted by Gasteiger charge is -2.32. The number of likely N-dealkylation sites (tertiary alicyclic amines) is 1. The van der Waals surface area contributed by atoms with Gasteiger partial charge in [0.2, 0.25) is 0 Å². The van der Waals surface area contributed by atoms with Gasteiger partial charge in [-0.1, -0.05) is 18.2 Å². The Morgan fingerprint density at radius 3 is 2.58 bits per heavy atom. The van der Waals surface area contributed by atoms with Crippen LogP contribution in [0.15, 0.2) is 47.3 Å². The molecule has 2 aliphatic rings. The number of hydrogen-bond donors (Lipinski definition) is 0. The number of ether oxygens (including phenoxy) is 3. The fourth-order valence-corrected chi connectivity index (χ4v) is 5.42. The first-order chi connectivity index (χ1) is 17.5. The van der Waals surface area contributed by atoms with Crippen molar-refractivity contribution in [2.24, 2.45) is 5.92 Å². The van der Waals surface area contributed by atoms with Gasteiger partial charge >= 0.3 is 5.97 Å². The summed E-state index contributed by atoms with van der Waals surface area (Å²) in [5.74, 6) is 1.88. The van der Waals surface area contributed by atoms with E-state index in [1.165, 1.54) is 31.6 Å². The van der Waals surface area contributed by atoms with Crippen LogP contribution in [0, 0.1) is 12.8 Å². The highest BCUT2D eigenvalue weighted by Crippen LogP contribution is 2.32. The fourth-order valence-electron chi connectivity index (χ4n) is 5.42. The van der Waals surface area contributed by atoms with Crippen LogP contribution < -0.4 is 15.0 Å². The standard InChI is InChI=1S/C29H34N2O5/c1-20-5-7-23-24(29(33)34-2)18-28(32)31(25(23)16-20)11-3-4-21-9-12-30(13-10-21)19-22-6-8-26-27(17-22)36-15-14-35-26/h5-8,16-18,21H,3-4,9-15,19H2,1-2H3. The van der Waals surface area contributed by atoms with E-state index in [-0.39, 0.29) is 5.56 Å². The zero-order valence-electron chi connectivity index (χ0n) is 21.1. The van der Waals surface area contributed by atoms with Gasteiger partial charge < -0.3 is 18.8 Å². The highest BCUT2D eigenvalue weighted by atomic mass is 16.6. The maximum atomic E-state index is 12.9. The Labute approximate surface area is 211 Å². The number of aromatic nitrogens is 1. The average molecular weight is 491 g/mol. The van der Waals surface area contributed by atoms with Crippen LogP contribution in [0.25, 0.3) is 10.9 Å². The van der Waals surface area contributed by atoms with E-state index >= 15 is 0 Å². The molecule has 0 atom stereocenters. The number of piperidine rings is 1. The number of methoxy groups -OCH3 is 1. The number of carbonyl (C=O) groups excluding carboxylic acids is 1. The van der Waals surface area contributed by atoms with Gasteiger partial charge in [0.05, 0.1) is 18.2 Å². The molecule has 3 aromatic rings. The van der Waals surface area contributed by atoms with Gasteiger partial charge in [-0.3, -0.25) is 9.69 Å². The average Bonchev–Trinajstić information content (AvgIpc) is 2.90. The topological polar surface area (TPSA) is 70.0 Å². The fraction of sp³-hybridized carbons (Fsp3) is 0.448. The van der Waals surface area contributed by atoms with Gasteiger partial charge in [-0.2, -0.15) is 0 Å². The molecule has 2 aromatic carbocycles. The van der Waals surface area contributed by atoms with Gasteiger partial charge in [0.1, 0.15) is 13.2 Å². The van der Waals surface area contributed by atoms with Crippen LogP contribution in [0.1, 0.15) is 47.2 Å². The molecule has 7 nitrogen and oxygen atoms in total. The predicted octanol–water partition coefficient (Wildman–Crippen LogP) is 4.56. The molecule has 0 bridgehead atoms. The van der Waals surface area contributed by atoms with Crippen molar-refractivity contribution in [2.45, 2.75) is 45.7 Å². The maximum absolute atomic E-state index is 12.9. The van der Waals surface area contributed by atoms with Crippen LogP contribution in [0.5, 0.6) is 11.5 Å². The Morgan fingerprint density at radius 1 is 1.03 bits per heavy atom. The number of pyridine rings is 1. The molecule has 7 heteroatoms. The summed E-state index contributed by atoms with van der Waals surface area (Å²) in [5.41, 5.74) is 3.30. The van der Waals surface area contributed by atoms with Crippen molar-refractivity contribution in [3.8, 4) is 11.5 Å². The third-order valence-electron chi connectivity index (χ3n) is 7.39. The first-order valence-corrected chi connectivity index (χ1v) is 12.9. The van der Waals surface area contributed by atoms with Crippen LogP contribution in [-0.4, -0.2) is 48.8 Å². The minimum atomic E-state index is -0.476. The summed E-state index contributed by atoms with van der Waals surface area (Å²) in [6.07, 6.45) is 4.37. The monoisotopic (exact) mass is 490 g/mol. The van der Waals surface area contributed by atoms with E-state index in [1.807, 2.05) is 35.8 Å². The van der Waals surface area contributed by atoms with Gasteiger partial charge in [-0.15, -0.1) is 0 Å². The summed E-state index contributed by atoms with van der Waals surface area (Å²) in [7, 11) is 1.34. The van der Waals surface area contributed by atoms with Crippen LogP contribution in [0.4, 0.5) is 0 Å². The van der Waals surface area contributed by atoms with Crippen LogP contribution in [0.3, 0.4) is 0 Å². The Hall–Kier alpha value is -3.32. The normalized spacial score (nSPS) is 16.3. The quantitative estimate of drug-likeness (QED) is 0.452. The minimum Gasteiger partial charge on any atom is -0.486 e. The molecule has 2 aliphatic heterocycles. The van der Waals surface area contributed by atoms with Gasteiger partial charge in [0.25, 0.3) is 5.56 Å². The van der Waals surface area contributed by atoms with Gasteiger partial charge in [0.15, 0.2) is 11.5 Å². The van der Waals surface area contributed by atoms with Crippen molar-refractivity contribution in [1.82, 2.24) is 9.47 Å². The van der Waals surface area contributed by atoms with E-state index < -0.39 is 5.97 Å². The maximum Gasteiger partial charge on any atom is 0.338 e. The first kappa shape index (κ1) is 24.4. The second-order valence-corrected chi connectivity index (χ2v) is 9.90. The number of esters is 1. The molecule has 0 radical (unpaired) electrons. The zero-order chi connectivity index (χ0) is 25.1. The Morgan fingerprint density at radius 2 is 1.81 bits per heavy atom. The SMILES string of the molecule is COC(=O)c1cc(=O)n(CCCC2CCN(Cc3ccc4c(c3)OCCO4)CC2)c2cc(C)ccc12. The van der Waals surface area contributed by atoms with Crippen molar-refractivity contribution >= 4 is 16.9 Å². The van der Waals surface area contributed by atoms with E-state index in [1.54, 1.807) is 0 Å². The highest BCUT2D eigenvalue weighted by Gasteiger charge is 2.21. The number of aryl methyl sites for hydroxylation is 2. The molecule has 0 amide bonds. The predicted molar refractivity (Wildman–Crippen MR) is 139 cm³/mol. The molecule has 0 saturated carbocycles. The molecule has 3 heterocycles. The van der Waals surface area contributed by atoms with Crippen molar-refractivity contribution in [3.05, 3.63) is 69.5 Å². The third-order valence-corrected chi connectivity index (χ3v) is 7.39. The van der Waals surface area contributed by atoms with Crippen LogP contribution in [0.2, 0.25) is 0 Å². The molecule has 0 spiro atoms. The number of fused-ring (bicyclic) bond motifs is 2. The van der Waals surface area contributed by atoms with Crippen molar-refractivity contribution in [3.63, 3.8) is 0 Å². The molecule has 190 valence electrons. The lowest BCUT2D eigenvalue weighted by Crippen LogP contribution is -2.33. The van der Waals surface area contributed by atoms with E-state index in [2.05, 4.69) is 17.0 Å². The molecule has 0 unspecified atom stereocenters. The Bertz CT molecular complexity index is 1310. The molecule has 5 rings (SSSR count). The van der Waals surface area contributed by atoms with E-state index in [9.17, 15) is 9.59 Å². The second-order valence-electron chi connectivity index (χ2n) is 9.90. The highest BCUT2D eigenvalue weighted by molar-refractivity contribution is 6.03. The van der Waals surface area contributed by atoms with Crippen LogP contribution in [-0.2, 0) is 17.8 Å². The number of nitrogens with zero attached hydrogens (tertiary/aromatic N) is 2. The summed E-state index contributed by atoms with van der Waals surface area (Å²) in [6, 6.07) is 13.5. The van der Waals surface area contributed by atoms with Crippen LogP contribution >= 0.6 is 0 Å². The second kappa shape index (κ2) is 10.7. The molecule has 1 fully saturated rings. The van der Waals surface area contributed by atoms with Crippen molar-refractivity contribution in [2.75, 3.05) is 33.4 Å². The first-order valence-electron chi connectivity index (χ1n) is 12.9. The van der Waals surface area contributed by atoms with Gasteiger partial charge in [0, 0.05) is 24.5 Å². The van der Waals surface area contributed by atoms with Crippen molar-refractivity contribution in [1.29, 1.82) is 0 Å². The van der Waals surface area contributed by atoms with Crippen molar-refractivity contribution < 1.29 is 19.0 Å². The zero-order valence-corrected chi connectivity index (χ0v) is 21.1. The summed E-state index contributed by atoms with van der Waals surface area (Å²) in [6.45, 7) is 6.96. The third kappa shape index (κ3) is 5.26. The summed E-state index contributed by atoms with van der Waals surface area (Å²) in [4.78, 5) is 27.6. The van der Waals surface area contributed by atoms with Gasteiger partial charge in [-0.05, 0) is 80.9 Å². The minimum absolute atomic E-state index is 0.150. The largest absolute Gasteiger partial charge is 0.486 e. The van der Waals surface area contributed by atoms with E-state index in [0.717, 1.165) is 60.4 Å². The molecule has 0 aliphatic carbocycles. The molecular weight excluding hydrogens is 456 g/mol. The molecule has 0 N–H and O–H groups in total. The molecule has 1 saturated heterocycles. The summed E-state index contributed by atoms with van der Waals surface area (Å²) >= 11 is 0. The van der Waals surface area contributed by atoms with E-state index in [0.29, 0.717) is 31.2 Å². The Balaban J connectivity index is 1.17. The molecule has 1 aromatic heterocycles. The summed E-state index contributed by atoms with van der Waals surface area (Å²) in [5, 5.41) is 0.763. The number of carbonyl (C=O) groups is 1. The van der Waals surface area contributed by atoms with Gasteiger partial charge in [-0.25, -0.2) is 4.79 Å². The number of benzene rings is 2. The molecule has 36 heavy (non-hydrogen) atoms. The smallest absolute Gasteiger partial charge is 0.338 e. The van der Waals surface area contributed by atoms with E-state index in [4.69, 9.17) is 14.2 Å². The number of hydrogen-bond acceptors (Lipinski definition) is 6. The Kier molecular flexibility index (Phi) is 7.28. The summed E-state index contributed by atoms with van der Waals surface area (Å²) < 4.78 is 18.1. The molecular formula is C29H34N2O5. The lowest BCUT2D eigenvalue weighted by molar-refractivity contribution is 0.0602. The number of rotatable bonds is 7.